The Labute approximate surface area is 195 Å². The number of aromatic nitrogens is 1. The summed E-state index contributed by atoms with van der Waals surface area (Å²) in [5.74, 6) is -3.17. The number of nitrogens with zero attached hydrogens (tertiary/aromatic N) is 2. The van der Waals surface area contributed by atoms with Crippen molar-refractivity contribution in [2.45, 2.75) is 17.9 Å². The first-order chi connectivity index (χ1) is 16.0. The monoisotopic (exact) mass is 493 g/mol. The molecule has 1 aromatic carbocycles. The molecule has 0 aliphatic carbocycles. The summed E-state index contributed by atoms with van der Waals surface area (Å²) in [5.41, 5.74) is 0.646. The van der Waals surface area contributed by atoms with Crippen LogP contribution in [-0.2, 0) is 26.7 Å². The van der Waals surface area contributed by atoms with Gasteiger partial charge in [0.1, 0.15) is 10.7 Å². The van der Waals surface area contributed by atoms with Gasteiger partial charge < -0.3 is 24.8 Å². The topological polar surface area (TPSA) is 139 Å². The highest BCUT2D eigenvalue weighted by Gasteiger charge is 2.43. The van der Waals surface area contributed by atoms with E-state index in [9.17, 15) is 27.2 Å². The predicted octanol–water partition coefficient (Wildman–Crippen LogP) is -0.0314. The van der Waals surface area contributed by atoms with Gasteiger partial charge >= 0.3 is 11.8 Å². The van der Waals surface area contributed by atoms with Gasteiger partial charge in [-0.25, -0.2) is 17.5 Å². The van der Waals surface area contributed by atoms with Crippen LogP contribution < -0.4 is 20.1 Å². The molecule has 2 atom stereocenters. The molecule has 11 nitrogen and oxygen atoms in total. The maximum Gasteiger partial charge on any atom is 0.311 e. The number of likely N-dealkylation sites (tertiary alicyclic amines) is 1. The Hall–Kier alpha value is -3.45. The van der Waals surface area contributed by atoms with E-state index in [2.05, 4.69) is 15.4 Å². The fourth-order valence-electron chi connectivity index (χ4n) is 4.13. The molecule has 0 unspecified atom stereocenters. The van der Waals surface area contributed by atoms with Gasteiger partial charge in [0.2, 0.25) is 10.0 Å². The van der Waals surface area contributed by atoms with Crippen LogP contribution in [0.4, 0.5) is 10.1 Å². The van der Waals surface area contributed by atoms with Gasteiger partial charge in [-0.05, 0) is 30.7 Å². The minimum Gasteiger partial charge on any atom is -0.489 e. The number of halogens is 1. The number of aryl methyl sites for hydroxylation is 2. The Morgan fingerprint density at radius 3 is 2.65 bits per heavy atom. The average Bonchev–Trinajstić information content (AvgIpc) is 3.33. The molecule has 1 saturated heterocycles. The second kappa shape index (κ2) is 8.72. The number of ether oxygens (including phenoxy) is 1. The Bertz CT molecular complexity index is 1290. The van der Waals surface area contributed by atoms with E-state index in [-0.39, 0.29) is 36.0 Å². The number of sulfonamides is 1. The van der Waals surface area contributed by atoms with Crippen molar-refractivity contribution < 1.29 is 31.9 Å². The van der Waals surface area contributed by atoms with E-state index in [0.29, 0.717) is 11.3 Å². The van der Waals surface area contributed by atoms with E-state index in [1.54, 1.807) is 6.92 Å². The van der Waals surface area contributed by atoms with Crippen LogP contribution in [0.15, 0.2) is 29.3 Å². The molecule has 0 spiro atoms. The molecule has 0 bridgehead atoms. The number of nitrogens with one attached hydrogen (secondary N) is 3. The molecule has 1 fully saturated rings. The highest BCUT2D eigenvalue weighted by atomic mass is 32.2. The zero-order chi connectivity index (χ0) is 24.8. The summed E-state index contributed by atoms with van der Waals surface area (Å²) in [6.07, 6.45) is 1.27. The van der Waals surface area contributed by atoms with Crippen molar-refractivity contribution in [3.63, 3.8) is 0 Å². The Balaban J connectivity index is 1.62. The van der Waals surface area contributed by atoms with Crippen molar-refractivity contribution in [1.82, 2.24) is 19.5 Å². The van der Waals surface area contributed by atoms with E-state index >= 15 is 0 Å². The van der Waals surface area contributed by atoms with Gasteiger partial charge in [0, 0.05) is 51.0 Å². The average molecular weight is 494 g/mol. The smallest absolute Gasteiger partial charge is 0.311 e. The van der Waals surface area contributed by atoms with Crippen LogP contribution in [-0.4, -0.2) is 68.4 Å². The molecule has 0 saturated carbocycles. The van der Waals surface area contributed by atoms with Crippen LogP contribution in [0.1, 0.15) is 16.1 Å². The second-order valence-electron chi connectivity index (χ2n) is 8.29. The van der Waals surface area contributed by atoms with Gasteiger partial charge in [0.25, 0.3) is 5.91 Å². The number of carbonyl (C=O) groups excluding carboxylic acids is 3. The van der Waals surface area contributed by atoms with Crippen molar-refractivity contribution in [1.29, 1.82) is 0 Å². The summed E-state index contributed by atoms with van der Waals surface area (Å²) in [7, 11) is -1.27. The summed E-state index contributed by atoms with van der Waals surface area (Å²) in [4.78, 5) is 38.0. The van der Waals surface area contributed by atoms with Crippen molar-refractivity contribution in [2.75, 3.05) is 32.1 Å². The predicted molar refractivity (Wildman–Crippen MR) is 118 cm³/mol. The Morgan fingerprint density at radius 1 is 1.24 bits per heavy atom. The van der Waals surface area contributed by atoms with Crippen molar-refractivity contribution in [2.24, 2.45) is 13.0 Å². The number of amides is 3. The van der Waals surface area contributed by atoms with E-state index in [4.69, 9.17) is 4.74 Å². The third-order valence-electron chi connectivity index (χ3n) is 5.92. The van der Waals surface area contributed by atoms with Crippen LogP contribution in [0, 0.1) is 18.7 Å². The summed E-state index contributed by atoms with van der Waals surface area (Å²) in [6.45, 7) is 1.69. The van der Waals surface area contributed by atoms with E-state index < -0.39 is 45.5 Å². The third kappa shape index (κ3) is 4.23. The lowest BCUT2D eigenvalue weighted by Crippen LogP contribution is -2.44. The molecule has 2 aliphatic rings. The van der Waals surface area contributed by atoms with Crippen LogP contribution in [0.3, 0.4) is 0 Å². The molecule has 3 heterocycles. The summed E-state index contributed by atoms with van der Waals surface area (Å²) < 4.78 is 49.6. The highest BCUT2D eigenvalue weighted by Crippen LogP contribution is 2.34. The number of rotatable bonds is 2. The second-order valence-corrected chi connectivity index (χ2v) is 9.97. The van der Waals surface area contributed by atoms with Crippen molar-refractivity contribution in [3.05, 3.63) is 41.5 Å². The number of fused-ring (bicyclic) bond motifs is 2. The highest BCUT2D eigenvalue weighted by molar-refractivity contribution is 7.89. The first kappa shape index (κ1) is 23.7. The summed E-state index contributed by atoms with van der Waals surface area (Å²) in [6, 6.07) is 3.41. The number of hydrogen-bond acceptors (Lipinski definition) is 6. The van der Waals surface area contributed by atoms with Crippen LogP contribution in [0.25, 0.3) is 0 Å². The fourth-order valence-corrected chi connectivity index (χ4v) is 5.62. The third-order valence-corrected chi connectivity index (χ3v) is 7.40. The summed E-state index contributed by atoms with van der Waals surface area (Å²) >= 11 is 0. The molecule has 2 aromatic rings. The molecule has 0 radical (unpaired) electrons. The van der Waals surface area contributed by atoms with Gasteiger partial charge in [0.05, 0.1) is 6.61 Å². The fraction of sp³-hybridized carbons (Fsp3) is 0.381. The lowest BCUT2D eigenvalue weighted by molar-refractivity contribution is -0.145. The minimum atomic E-state index is -4.12. The SMILES string of the molecule is CNC(=O)C(=O)N1C[C@@H]2COc3c(cn(C)c3C(=O)Nc3ccc(F)c(C)c3)S(=O)(=O)N[C@@H]2C1. The standard InChI is InChI=1S/C21H24FN5O6S/c1-11-6-13(4-5-14(11)22)24-19(28)17-18-16(9-26(17)3)34(31,32)25-15-8-27(7-12(15)10-33-18)21(30)20(29)23-2/h4-6,9,12,15,25H,7-8,10H2,1-3H3,(H,23,29)(H,24,28)/t12-,15-/m1/s1. The van der Waals surface area contributed by atoms with E-state index in [1.807, 2.05) is 0 Å². The maximum absolute atomic E-state index is 13.6. The maximum atomic E-state index is 13.6. The Morgan fingerprint density at radius 2 is 1.97 bits per heavy atom. The molecule has 34 heavy (non-hydrogen) atoms. The number of likely N-dealkylation sites (N-methyl/N-ethyl adjacent to an activating group) is 1. The molecule has 1 aromatic heterocycles. The van der Waals surface area contributed by atoms with Crippen molar-refractivity contribution in [3.8, 4) is 5.75 Å². The normalized spacial score (nSPS) is 20.9. The Kier molecular flexibility index (Phi) is 6.08. The zero-order valence-corrected chi connectivity index (χ0v) is 19.5. The lowest BCUT2D eigenvalue weighted by atomic mass is 10.1. The number of carbonyl (C=O) groups is 3. The van der Waals surface area contributed by atoms with Gasteiger partial charge in [-0.3, -0.25) is 14.4 Å². The number of benzene rings is 1. The van der Waals surface area contributed by atoms with Gasteiger partial charge in [-0.1, -0.05) is 0 Å². The van der Waals surface area contributed by atoms with E-state index in [0.717, 1.165) is 0 Å². The quantitative estimate of drug-likeness (QED) is 0.502. The molecule has 4 rings (SSSR count). The first-order valence-corrected chi connectivity index (χ1v) is 11.9. The lowest BCUT2D eigenvalue weighted by Gasteiger charge is -2.23. The van der Waals surface area contributed by atoms with Gasteiger partial charge in [-0.15, -0.1) is 0 Å². The molecule has 3 amide bonds. The molecule has 13 heteroatoms. The van der Waals surface area contributed by atoms with Gasteiger partial charge in [-0.2, -0.15) is 0 Å². The molecular weight excluding hydrogens is 469 g/mol. The number of hydrogen-bond donors (Lipinski definition) is 3. The largest absolute Gasteiger partial charge is 0.489 e. The van der Waals surface area contributed by atoms with Crippen LogP contribution in [0.2, 0.25) is 0 Å². The molecule has 2 aliphatic heterocycles. The van der Waals surface area contributed by atoms with Crippen LogP contribution >= 0.6 is 0 Å². The minimum absolute atomic E-state index is 0.0116. The van der Waals surface area contributed by atoms with Crippen LogP contribution in [0.5, 0.6) is 5.75 Å². The summed E-state index contributed by atoms with van der Waals surface area (Å²) in [5, 5.41) is 4.89. The first-order valence-electron chi connectivity index (χ1n) is 10.4. The number of anilines is 1. The molecule has 3 N–H and O–H groups in total. The zero-order valence-electron chi connectivity index (χ0n) is 18.7. The molecular formula is C21H24FN5O6S. The van der Waals surface area contributed by atoms with Gasteiger partial charge in [0.15, 0.2) is 11.4 Å². The molecule has 182 valence electrons. The van der Waals surface area contributed by atoms with Crippen molar-refractivity contribution >= 4 is 33.4 Å². The van der Waals surface area contributed by atoms with E-state index in [1.165, 1.54) is 48.0 Å².